The maximum Gasteiger partial charge on any atom is 0.231 e. The number of nitrogens with zero attached hydrogens (tertiary/aromatic N) is 3. The van der Waals surface area contributed by atoms with E-state index in [0.717, 1.165) is 27.8 Å². The summed E-state index contributed by atoms with van der Waals surface area (Å²) >= 11 is 6.10. The second-order valence-corrected chi connectivity index (χ2v) is 6.32. The zero-order valence-electron chi connectivity index (χ0n) is 14.4. The monoisotopic (exact) mass is 353 g/mol. The van der Waals surface area contributed by atoms with Crippen LogP contribution in [0.4, 0.5) is 29.0 Å². The number of nitrogens with one attached hydrogen (secondary N) is 2. The minimum absolute atomic E-state index is 0.533. The van der Waals surface area contributed by atoms with Gasteiger partial charge >= 0.3 is 0 Å². The van der Waals surface area contributed by atoms with Gasteiger partial charge in [0.05, 0.1) is 0 Å². The van der Waals surface area contributed by atoms with Gasteiger partial charge in [0.15, 0.2) is 0 Å². The molecule has 3 rings (SSSR count). The Bertz CT molecular complexity index is 865. The van der Waals surface area contributed by atoms with Crippen molar-refractivity contribution in [3.8, 4) is 0 Å². The Kier molecular flexibility index (Phi) is 5.05. The zero-order chi connectivity index (χ0) is 17.8. The van der Waals surface area contributed by atoms with Crippen molar-refractivity contribution in [1.82, 2.24) is 9.97 Å². The number of rotatable bonds is 5. The van der Waals surface area contributed by atoms with Gasteiger partial charge in [-0.15, -0.1) is 0 Å². The number of para-hydroxylation sites is 1. The number of halogens is 1. The van der Waals surface area contributed by atoms with Gasteiger partial charge in [0.25, 0.3) is 0 Å². The molecule has 0 atom stereocenters. The number of hydrogen-bond acceptors (Lipinski definition) is 5. The van der Waals surface area contributed by atoms with Gasteiger partial charge in [0.1, 0.15) is 11.6 Å². The van der Waals surface area contributed by atoms with Crippen molar-refractivity contribution in [3.05, 3.63) is 65.2 Å². The average molecular weight is 354 g/mol. The van der Waals surface area contributed by atoms with Crippen LogP contribution in [0, 0.1) is 6.92 Å². The van der Waals surface area contributed by atoms with Gasteiger partial charge in [-0.05, 0) is 42.8 Å². The summed E-state index contributed by atoms with van der Waals surface area (Å²) in [6, 6.07) is 17.5. The fourth-order valence-corrected chi connectivity index (χ4v) is 2.42. The lowest BCUT2D eigenvalue weighted by Crippen LogP contribution is -2.13. The van der Waals surface area contributed by atoms with E-state index in [4.69, 9.17) is 11.6 Å². The second-order valence-electron chi connectivity index (χ2n) is 5.91. The summed E-state index contributed by atoms with van der Waals surface area (Å²) in [7, 11) is 3.90. The molecule has 3 aromatic rings. The zero-order valence-corrected chi connectivity index (χ0v) is 15.2. The summed E-state index contributed by atoms with van der Waals surface area (Å²) in [6.45, 7) is 1.97. The van der Waals surface area contributed by atoms with Gasteiger partial charge in [-0.25, -0.2) is 0 Å². The van der Waals surface area contributed by atoms with Crippen LogP contribution in [-0.4, -0.2) is 24.1 Å². The molecule has 0 saturated carbocycles. The van der Waals surface area contributed by atoms with Gasteiger partial charge in [-0.2, -0.15) is 9.97 Å². The third-order valence-electron chi connectivity index (χ3n) is 3.63. The van der Waals surface area contributed by atoms with Crippen molar-refractivity contribution >= 4 is 40.6 Å². The molecule has 0 amide bonds. The molecule has 2 aromatic carbocycles. The summed E-state index contributed by atoms with van der Waals surface area (Å²) in [4.78, 5) is 11.1. The maximum atomic E-state index is 6.10. The molecule has 0 saturated heterocycles. The van der Waals surface area contributed by atoms with Crippen molar-refractivity contribution in [2.45, 2.75) is 6.92 Å². The van der Waals surface area contributed by atoms with Crippen LogP contribution in [0.2, 0.25) is 5.02 Å². The highest BCUT2D eigenvalue weighted by atomic mass is 35.5. The molecule has 1 aromatic heterocycles. The van der Waals surface area contributed by atoms with Gasteiger partial charge < -0.3 is 15.5 Å². The number of hydrogen-bond donors (Lipinski definition) is 2. The third-order valence-corrected chi connectivity index (χ3v) is 4.06. The molecular formula is C19H20ClN5. The molecule has 0 aliphatic carbocycles. The average Bonchev–Trinajstić information content (AvgIpc) is 2.59. The van der Waals surface area contributed by atoms with E-state index in [1.54, 1.807) is 0 Å². The molecule has 0 aliphatic rings. The van der Waals surface area contributed by atoms with Crippen LogP contribution in [0.15, 0.2) is 54.6 Å². The lowest BCUT2D eigenvalue weighted by molar-refractivity contribution is 1.04. The van der Waals surface area contributed by atoms with Crippen LogP contribution in [0.5, 0.6) is 0 Å². The van der Waals surface area contributed by atoms with Crippen molar-refractivity contribution in [2.24, 2.45) is 0 Å². The smallest absolute Gasteiger partial charge is 0.231 e. The quantitative estimate of drug-likeness (QED) is 0.676. The molecule has 2 N–H and O–H groups in total. The molecule has 0 spiro atoms. The van der Waals surface area contributed by atoms with Gasteiger partial charge in [-0.1, -0.05) is 29.8 Å². The highest BCUT2D eigenvalue weighted by Gasteiger charge is 2.08. The SMILES string of the molecule is Cc1cc(Nc2cc(N(C)C)nc(Nc3ccccc3)n2)ccc1Cl. The predicted molar refractivity (Wildman–Crippen MR) is 106 cm³/mol. The van der Waals surface area contributed by atoms with E-state index in [2.05, 4.69) is 20.6 Å². The number of aryl methyl sites for hydroxylation is 1. The van der Waals surface area contributed by atoms with E-state index >= 15 is 0 Å². The minimum Gasteiger partial charge on any atom is -0.363 e. The molecular weight excluding hydrogens is 334 g/mol. The van der Waals surface area contributed by atoms with Gasteiger partial charge in [0, 0.05) is 36.6 Å². The Hall–Kier alpha value is -2.79. The van der Waals surface area contributed by atoms with E-state index in [1.165, 1.54) is 0 Å². The second kappa shape index (κ2) is 7.40. The van der Waals surface area contributed by atoms with E-state index in [1.807, 2.05) is 80.5 Å². The molecule has 0 fully saturated rings. The van der Waals surface area contributed by atoms with E-state index < -0.39 is 0 Å². The lowest BCUT2D eigenvalue weighted by atomic mass is 10.2. The van der Waals surface area contributed by atoms with Crippen LogP contribution in [-0.2, 0) is 0 Å². The van der Waals surface area contributed by atoms with Crippen molar-refractivity contribution in [3.63, 3.8) is 0 Å². The lowest BCUT2D eigenvalue weighted by Gasteiger charge is -2.16. The number of benzene rings is 2. The number of aromatic nitrogens is 2. The highest BCUT2D eigenvalue weighted by Crippen LogP contribution is 2.25. The molecule has 5 nitrogen and oxygen atoms in total. The standard InChI is InChI=1S/C19H20ClN5/c1-13-11-15(9-10-16(13)20)21-17-12-18(25(2)3)24-19(23-17)22-14-7-5-4-6-8-14/h4-12H,1-3H3,(H2,21,22,23,24). The summed E-state index contributed by atoms with van der Waals surface area (Å²) < 4.78 is 0. The first-order chi connectivity index (χ1) is 12.0. The van der Waals surface area contributed by atoms with E-state index in [-0.39, 0.29) is 0 Å². The molecule has 0 radical (unpaired) electrons. The fourth-order valence-electron chi connectivity index (χ4n) is 2.30. The van der Waals surface area contributed by atoms with E-state index in [0.29, 0.717) is 11.8 Å². The summed E-state index contributed by atoms with van der Waals surface area (Å²) in [5, 5.41) is 7.30. The summed E-state index contributed by atoms with van der Waals surface area (Å²) in [5.74, 6) is 2.05. The molecule has 25 heavy (non-hydrogen) atoms. The predicted octanol–water partition coefficient (Wildman–Crippen LogP) is 4.99. The molecule has 0 unspecified atom stereocenters. The van der Waals surface area contributed by atoms with Gasteiger partial charge in [0.2, 0.25) is 5.95 Å². The molecule has 1 heterocycles. The minimum atomic E-state index is 0.533. The van der Waals surface area contributed by atoms with E-state index in [9.17, 15) is 0 Å². The van der Waals surface area contributed by atoms with Crippen molar-refractivity contribution < 1.29 is 0 Å². The molecule has 128 valence electrons. The van der Waals surface area contributed by atoms with Crippen molar-refractivity contribution in [2.75, 3.05) is 29.6 Å². The topological polar surface area (TPSA) is 53.1 Å². The summed E-state index contributed by atoms with van der Waals surface area (Å²) in [5.41, 5.74) is 2.87. The Morgan fingerprint density at radius 2 is 1.64 bits per heavy atom. The third kappa shape index (κ3) is 4.39. The van der Waals surface area contributed by atoms with Crippen LogP contribution in [0.25, 0.3) is 0 Å². The van der Waals surface area contributed by atoms with Crippen molar-refractivity contribution in [1.29, 1.82) is 0 Å². The Morgan fingerprint density at radius 3 is 2.32 bits per heavy atom. The highest BCUT2D eigenvalue weighted by molar-refractivity contribution is 6.31. The Morgan fingerprint density at radius 1 is 0.880 bits per heavy atom. The maximum absolute atomic E-state index is 6.10. The van der Waals surface area contributed by atoms with Gasteiger partial charge in [-0.3, -0.25) is 0 Å². The molecule has 6 heteroatoms. The summed E-state index contributed by atoms with van der Waals surface area (Å²) in [6.07, 6.45) is 0. The van der Waals surface area contributed by atoms with Crippen LogP contribution in [0.3, 0.4) is 0 Å². The molecule has 0 bridgehead atoms. The Labute approximate surface area is 152 Å². The first-order valence-corrected chi connectivity index (χ1v) is 8.31. The first kappa shape index (κ1) is 17.0. The van der Waals surface area contributed by atoms with Crippen LogP contribution < -0.4 is 15.5 Å². The van der Waals surface area contributed by atoms with Crippen LogP contribution in [0.1, 0.15) is 5.56 Å². The fraction of sp³-hybridized carbons (Fsp3) is 0.158. The number of anilines is 5. The molecule has 0 aliphatic heterocycles. The normalized spacial score (nSPS) is 10.4. The first-order valence-electron chi connectivity index (χ1n) is 7.93. The largest absolute Gasteiger partial charge is 0.363 e. The van der Waals surface area contributed by atoms with Crippen LogP contribution >= 0.6 is 11.6 Å². The Balaban J connectivity index is 1.91.